The number of carbonyl (C=O) groups is 1. The van der Waals surface area contributed by atoms with Gasteiger partial charge in [0.05, 0.1) is 16.9 Å². The molecule has 1 N–H and O–H groups in total. The smallest absolute Gasteiger partial charge is 0.245 e. The number of amides is 1. The van der Waals surface area contributed by atoms with Gasteiger partial charge in [-0.1, -0.05) is 0 Å². The average molecular weight is 258 g/mol. The highest BCUT2D eigenvalue weighted by Gasteiger charge is 2.38. The molecule has 5 heteroatoms. The molecule has 0 unspecified atom stereocenters. The van der Waals surface area contributed by atoms with Crippen LogP contribution in [0.5, 0.6) is 0 Å². The van der Waals surface area contributed by atoms with Crippen LogP contribution in [0.4, 0.5) is 5.69 Å². The van der Waals surface area contributed by atoms with E-state index in [2.05, 4.69) is 16.4 Å². The number of piperazine rings is 1. The number of rotatable bonds is 1. The minimum atomic E-state index is -0.663. The van der Waals surface area contributed by atoms with Gasteiger partial charge in [-0.15, -0.1) is 0 Å². The fourth-order valence-corrected chi connectivity index (χ4v) is 2.48. The number of carbonyl (C=O) groups excluding carboxylic acids is 1. The van der Waals surface area contributed by atoms with Gasteiger partial charge in [-0.3, -0.25) is 9.78 Å². The third-order valence-electron chi connectivity index (χ3n) is 3.56. The molecule has 5 nitrogen and oxygen atoms in total. The highest BCUT2D eigenvalue weighted by atomic mass is 16.2. The fourth-order valence-electron chi connectivity index (χ4n) is 2.48. The first-order chi connectivity index (χ1) is 8.87. The Morgan fingerprint density at radius 2 is 2.16 bits per heavy atom. The first-order valence-electron chi connectivity index (χ1n) is 6.32. The van der Waals surface area contributed by atoms with Crippen LogP contribution >= 0.6 is 0 Å². The van der Waals surface area contributed by atoms with Gasteiger partial charge in [0.1, 0.15) is 11.6 Å². The summed E-state index contributed by atoms with van der Waals surface area (Å²) < 4.78 is 0. The zero-order valence-electron chi connectivity index (χ0n) is 11.7. The summed E-state index contributed by atoms with van der Waals surface area (Å²) in [5, 5.41) is 12.2. The second kappa shape index (κ2) is 4.54. The van der Waals surface area contributed by atoms with Crippen molar-refractivity contribution < 1.29 is 4.79 Å². The Balaban J connectivity index is 2.58. The average Bonchev–Trinajstić information content (AvgIpc) is 2.31. The van der Waals surface area contributed by atoms with Crippen molar-refractivity contribution in [3.05, 3.63) is 23.0 Å². The Morgan fingerprint density at radius 3 is 2.79 bits per heavy atom. The topological polar surface area (TPSA) is 69.0 Å². The number of nitrogens with zero attached hydrogens (tertiary/aromatic N) is 3. The normalized spacial score (nSPS) is 17.8. The number of hydrogen-bond donors (Lipinski definition) is 1. The lowest BCUT2D eigenvalue weighted by molar-refractivity contribution is -0.126. The molecule has 0 atom stereocenters. The van der Waals surface area contributed by atoms with Crippen molar-refractivity contribution in [1.82, 2.24) is 10.3 Å². The second-order valence-corrected chi connectivity index (χ2v) is 5.32. The fraction of sp³-hybridized carbons (Fsp3) is 0.500. The predicted octanol–water partition coefficient (Wildman–Crippen LogP) is 1.28. The SMILES string of the molecule is Cc1cc(N2CCNC(=O)C2(C)C)c(C#N)c(C)n1. The number of anilines is 1. The molecular formula is C14H18N4O. The molecule has 19 heavy (non-hydrogen) atoms. The lowest BCUT2D eigenvalue weighted by Gasteiger charge is -2.43. The minimum absolute atomic E-state index is 0.0187. The van der Waals surface area contributed by atoms with Crippen molar-refractivity contribution in [2.75, 3.05) is 18.0 Å². The summed E-state index contributed by atoms with van der Waals surface area (Å²) in [6.07, 6.45) is 0. The van der Waals surface area contributed by atoms with Gasteiger partial charge in [-0.05, 0) is 33.8 Å². The molecule has 0 aromatic carbocycles. The third kappa shape index (κ3) is 2.14. The largest absolute Gasteiger partial charge is 0.355 e. The molecule has 1 aliphatic rings. The summed E-state index contributed by atoms with van der Waals surface area (Å²) >= 11 is 0. The molecule has 1 saturated heterocycles. The first-order valence-corrected chi connectivity index (χ1v) is 6.32. The maximum Gasteiger partial charge on any atom is 0.245 e. The molecule has 1 aromatic heterocycles. The van der Waals surface area contributed by atoms with Gasteiger partial charge in [-0.25, -0.2) is 0 Å². The van der Waals surface area contributed by atoms with Gasteiger partial charge in [-0.2, -0.15) is 5.26 Å². The molecule has 0 bridgehead atoms. The van der Waals surface area contributed by atoms with E-state index in [1.807, 2.05) is 38.7 Å². The molecule has 1 aromatic rings. The van der Waals surface area contributed by atoms with Crippen molar-refractivity contribution in [2.45, 2.75) is 33.2 Å². The highest BCUT2D eigenvalue weighted by molar-refractivity contribution is 5.91. The quantitative estimate of drug-likeness (QED) is 0.824. The van der Waals surface area contributed by atoms with E-state index in [-0.39, 0.29) is 5.91 Å². The first kappa shape index (κ1) is 13.3. The molecule has 1 amide bonds. The minimum Gasteiger partial charge on any atom is -0.355 e. The van der Waals surface area contributed by atoms with E-state index in [1.54, 1.807) is 0 Å². The van der Waals surface area contributed by atoms with Crippen molar-refractivity contribution in [1.29, 1.82) is 5.26 Å². The van der Waals surface area contributed by atoms with E-state index < -0.39 is 5.54 Å². The molecule has 0 radical (unpaired) electrons. The van der Waals surface area contributed by atoms with Gasteiger partial charge < -0.3 is 10.2 Å². The van der Waals surface area contributed by atoms with Gasteiger partial charge in [0.2, 0.25) is 5.91 Å². The summed E-state index contributed by atoms with van der Waals surface area (Å²) in [6.45, 7) is 8.74. The lowest BCUT2D eigenvalue weighted by atomic mass is 9.96. The summed E-state index contributed by atoms with van der Waals surface area (Å²) in [6, 6.07) is 4.09. The van der Waals surface area contributed by atoms with E-state index in [0.717, 1.165) is 11.4 Å². The van der Waals surface area contributed by atoms with Crippen molar-refractivity contribution in [2.24, 2.45) is 0 Å². The van der Waals surface area contributed by atoms with Gasteiger partial charge in [0.25, 0.3) is 0 Å². The van der Waals surface area contributed by atoms with E-state index in [4.69, 9.17) is 0 Å². The predicted molar refractivity (Wildman–Crippen MR) is 72.9 cm³/mol. The second-order valence-electron chi connectivity index (χ2n) is 5.32. The van der Waals surface area contributed by atoms with E-state index in [9.17, 15) is 10.1 Å². The molecular weight excluding hydrogens is 240 g/mol. The Labute approximate surface area is 113 Å². The van der Waals surface area contributed by atoms with Crippen molar-refractivity contribution >= 4 is 11.6 Å². The Morgan fingerprint density at radius 1 is 1.47 bits per heavy atom. The summed E-state index contributed by atoms with van der Waals surface area (Å²) in [5.74, 6) is -0.0187. The van der Waals surface area contributed by atoms with Crippen LogP contribution in [0, 0.1) is 25.2 Å². The van der Waals surface area contributed by atoms with E-state index in [0.29, 0.717) is 24.3 Å². The van der Waals surface area contributed by atoms with Crippen molar-refractivity contribution in [3.63, 3.8) is 0 Å². The maximum atomic E-state index is 12.0. The summed E-state index contributed by atoms with van der Waals surface area (Å²) in [7, 11) is 0. The molecule has 100 valence electrons. The van der Waals surface area contributed by atoms with Crippen LogP contribution in [0.1, 0.15) is 30.8 Å². The standard InChI is InChI=1S/C14H18N4O/c1-9-7-12(11(8-15)10(2)17-9)18-6-5-16-13(19)14(18,3)4/h7H,5-6H2,1-4H3,(H,16,19). The van der Waals surface area contributed by atoms with Crippen LogP contribution < -0.4 is 10.2 Å². The van der Waals surface area contributed by atoms with Gasteiger partial charge in [0, 0.05) is 18.8 Å². The molecule has 0 spiro atoms. The summed E-state index contributed by atoms with van der Waals surface area (Å²) in [4.78, 5) is 18.3. The Bertz CT molecular complexity index is 572. The molecule has 0 saturated carbocycles. The van der Waals surface area contributed by atoms with Crippen LogP contribution in [-0.2, 0) is 4.79 Å². The van der Waals surface area contributed by atoms with E-state index in [1.165, 1.54) is 0 Å². The highest BCUT2D eigenvalue weighted by Crippen LogP contribution is 2.30. The number of aryl methyl sites for hydroxylation is 2. The molecule has 0 aliphatic carbocycles. The number of aromatic nitrogens is 1. The number of pyridine rings is 1. The number of nitriles is 1. The Kier molecular flexibility index (Phi) is 3.19. The Hall–Kier alpha value is -2.09. The number of nitrogens with one attached hydrogen (secondary N) is 1. The molecule has 1 fully saturated rings. The van der Waals surface area contributed by atoms with Crippen LogP contribution in [0.3, 0.4) is 0 Å². The zero-order valence-corrected chi connectivity index (χ0v) is 11.7. The van der Waals surface area contributed by atoms with Crippen LogP contribution in [0.25, 0.3) is 0 Å². The summed E-state index contributed by atoms with van der Waals surface area (Å²) in [5.41, 5.74) is 2.25. The van der Waals surface area contributed by atoms with Crippen molar-refractivity contribution in [3.8, 4) is 6.07 Å². The van der Waals surface area contributed by atoms with E-state index >= 15 is 0 Å². The molecule has 2 heterocycles. The lowest BCUT2D eigenvalue weighted by Crippen LogP contribution is -2.62. The van der Waals surface area contributed by atoms with Gasteiger partial charge in [0.15, 0.2) is 0 Å². The van der Waals surface area contributed by atoms with Crippen LogP contribution in [0.2, 0.25) is 0 Å². The third-order valence-corrected chi connectivity index (χ3v) is 3.56. The molecule has 1 aliphatic heterocycles. The molecule has 2 rings (SSSR count). The van der Waals surface area contributed by atoms with Gasteiger partial charge >= 0.3 is 0 Å². The maximum absolute atomic E-state index is 12.0. The van der Waals surface area contributed by atoms with Crippen LogP contribution in [0.15, 0.2) is 6.07 Å². The monoisotopic (exact) mass is 258 g/mol. The zero-order chi connectivity index (χ0) is 14.2. The van der Waals surface area contributed by atoms with Crippen LogP contribution in [-0.4, -0.2) is 29.5 Å². The number of hydrogen-bond acceptors (Lipinski definition) is 4.